The number of fused-ring (bicyclic) bond motifs is 3. The Morgan fingerprint density at radius 1 is 1.17 bits per heavy atom. The SMILES string of the molecule is CC(=Cc1c(F)cc(C(=O)Nc2nc3c(s2)CCc2c(CCC(C)(C)C)cccc2-3)cc1F)C(=O)O. The highest BCUT2D eigenvalue weighted by atomic mass is 32.1. The van der Waals surface area contributed by atoms with E-state index in [0.717, 1.165) is 60.0 Å². The molecule has 2 N–H and O–H groups in total. The van der Waals surface area contributed by atoms with Crippen molar-refractivity contribution in [1.29, 1.82) is 0 Å². The molecule has 3 aromatic rings. The van der Waals surface area contributed by atoms with Gasteiger partial charge in [-0.25, -0.2) is 18.6 Å². The van der Waals surface area contributed by atoms with Crippen molar-refractivity contribution in [2.24, 2.45) is 5.41 Å². The molecule has 0 atom stereocenters. The van der Waals surface area contributed by atoms with Crippen molar-refractivity contribution >= 4 is 34.4 Å². The van der Waals surface area contributed by atoms with Gasteiger partial charge in [0.1, 0.15) is 11.6 Å². The van der Waals surface area contributed by atoms with Crippen LogP contribution in [-0.4, -0.2) is 22.0 Å². The number of aliphatic carboxylic acids is 1. The summed E-state index contributed by atoms with van der Waals surface area (Å²) in [6.07, 6.45) is 4.68. The number of carbonyl (C=O) groups is 2. The third kappa shape index (κ3) is 5.54. The van der Waals surface area contributed by atoms with Gasteiger partial charge in [-0.2, -0.15) is 0 Å². The first-order chi connectivity index (χ1) is 16.9. The lowest BCUT2D eigenvalue weighted by atomic mass is 9.84. The van der Waals surface area contributed by atoms with Crippen LogP contribution in [0, 0.1) is 17.0 Å². The Bertz CT molecular complexity index is 1360. The fourth-order valence-electron chi connectivity index (χ4n) is 4.22. The molecular weight excluding hydrogens is 482 g/mol. The van der Waals surface area contributed by atoms with Gasteiger partial charge in [-0.05, 0) is 67.4 Å². The normalized spacial score (nSPS) is 13.2. The number of rotatable bonds is 6. The Kier molecular flexibility index (Phi) is 7.09. The molecule has 2 aromatic carbocycles. The van der Waals surface area contributed by atoms with Crippen molar-refractivity contribution in [2.75, 3.05) is 5.32 Å². The van der Waals surface area contributed by atoms with Gasteiger partial charge in [0.25, 0.3) is 5.91 Å². The highest BCUT2D eigenvalue weighted by molar-refractivity contribution is 7.16. The van der Waals surface area contributed by atoms with E-state index < -0.39 is 29.1 Å². The lowest BCUT2D eigenvalue weighted by Crippen LogP contribution is -2.13. The summed E-state index contributed by atoms with van der Waals surface area (Å²) in [6.45, 7) is 7.93. The molecule has 0 fully saturated rings. The summed E-state index contributed by atoms with van der Waals surface area (Å²) in [7, 11) is 0. The van der Waals surface area contributed by atoms with Crippen LogP contribution in [0.1, 0.15) is 66.0 Å². The second-order valence-corrected chi connectivity index (χ2v) is 11.3. The number of amides is 1. The number of aromatic nitrogens is 1. The molecule has 36 heavy (non-hydrogen) atoms. The summed E-state index contributed by atoms with van der Waals surface area (Å²) in [6, 6.07) is 8.05. The van der Waals surface area contributed by atoms with Crippen LogP contribution in [0.5, 0.6) is 0 Å². The molecule has 0 unspecified atom stereocenters. The monoisotopic (exact) mass is 510 g/mol. The second-order valence-electron chi connectivity index (χ2n) is 10.2. The number of carboxylic acid groups (broad SMARTS) is 1. The van der Waals surface area contributed by atoms with E-state index >= 15 is 0 Å². The highest BCUT2D eigenvalue weighted by Gasteiger charge is 2.24. The number of aryl methyl sites for hydroxylation is 2. The summed E-state index contributed by atoms with van der Waals surface area (Å²) in [5.74, 6) is -4.01. The fraction of sp³-hybridized carbons (Fsp3) is 0.321. The first-order valence-corrected chi connectivity index (χ1v) is 12.6. The Morgan fingerprint density at radius 2 is 1.86 bits per heavy atom. The molecule has 0 radical (unpaired) electrons. The lowest BCUT2D eigenvalue weighted by Gasteiger charge is -2.22. The molecule has 0 saturated heterocycles. The number of nitrogens with zero attached hydrogens (tertiary/aromatic N) is 1. The quantitative estimate of drug-likeness (QED) is 0.353. The number of hydrogen-bond donors (Lipinski definition) is 2. The summed E-state index contributed by atoms with van der Waals surface area (Å²) >= 11 is 1.36. The number of benzene rings is 2. The van der Waals surface area contributed by atoms with Gasteiger partial charge in [-0.1, -0.05) is 39.0 Å². The average Bonchev–Trinajstić information content (AvgIpc) is 3.22. The molecule has 188 valence electrons. The molecule has 5 nitrogen and oxygen atoms in total. The summed E-state index contributed by atoms with van der Waals surface area (Å²) in [5.41, 5.74) is 3.83. The fourth-order valence-corrected chi connectivity index (χ4v) is 5.19. The van der Waals surface area contributed by atoms with Crippen molar-refractivity contribution in [1.82, 2.24) is 4.98 Å². The average molecular weight is 511 g/mol. The Labute approximate surface area is 212 Å². The maximum absolute atomic E-state index is 14.5. The zero-order valence-electron chi connectivity index (χ0n) is 20.7. The van der Waals surface area contributed by atoms with Gasteiger partial charge in [-0.3, -0.25) is 10.1 Å². The van der Waals surface area contributed by atoms with Crippen molar-refractivity contribution in [3.8, 4) is 11.3 Å². The maximum Gasteiger partial charge on any atom is 0.331 e. The zero-order valence-corrected chi connectivity index (χ0v) is 21.5. The predicted molar refractivity (Wildman–Crippen MR) is 138 cm³/mol. The number of carbonyl (C=O) groups excluding carboxylic acids is 1. The van der Waals surface area contributed by atoms with E-state index in [4.69, 9.17) is 5.11 Å². The van der Waals surface area contributed by atoms with E-state index in [1.165, 1.54) is 29.4 Å². The number of thiazole rings is 1. The minimum absolute atomic E-state index is 0.215. The molecule has 1 amide bonds. The molecule has 1 aliphatic carbocycles. The molecular formula is C28H28F2N2O3S. The molecule has 8 heteroatoms. The molecule has 4 rings (SSSR count). The van der Waals surface area contributed by atoms with E-state index in [0.29, 0.717) is 5.13 Å². The van der Waals surface area contributed by atoms with Gasteiger partial charge in [0.15, 0.2) is 5.13 Å². The van der Waals surface area contributed by atoms with Crippen LogP contribution in [0.3, 0.4) is 0 Å². The minimum Gasteiger partial charge on any atom is -0.478 e. The maximum atomic E-state index is 14.5. The van der Waals surface area contributed by atoms with Crippen molar-refractivity contribution in [3.63, 3.8) is 0 Å². The number of carboxylic acids is 1. The molecule has 0 spiro atoms. The third-order valence-electron chi connectivity index (χ3n) is 6.23. The lowest BCUT2D eigenvalue weighted by molar-refractivity contribution is -0.132. The van der Waals surface area contributed by atoms with Gasteiger partial charge in [-0.15, -0.1) is 11.3 Å². The molecule has 1 aromatic heterocycles. The third-order valence-corrected chi connectivity index (χ3v) is 7.26. The largest absolute Gasteiger partial charge is 0.478 e. The van der Waals surface area contributed by atoms with Crippen LogP contribution < -0.4 is 5.32 Å². The van der Waals surface area contributed by atoms with Crippen LogP contribution in [-0.2, 0) is 24.1 Å². The summed E-state index contributed by atoms with van der Waals surface area (Å²) in [5, 5.41) is 12.0. The molecule has 0 aliphatic heterocycles. The van der Waals surface area contributed by atoms with Gasteiger partial charge < -0.3 is 5.11 Å². The number of anilines is 1. The van der Waals surface area contributed by atoms with Crippen LogP contribution in [0.15, 0.2) is 35.9 Å². The number of halogens is 2. The van der Waals surface area contributed by atoms with E-state index in [-0.39, 0.29) is 16.6 Å². The van der Waals surface area contributed by atoms with Crippen molar-refractivity contribution < 1.29 is 23.5 Å². The smallest absolute Gasteiger partial charge is 0.331 e. The van der Waals surface area contributed by atoms with Gasteiger partial charge in [0.05, 0.1) is 5.69 Å². The summed E-state index contributed by atoms with van der Waals surface area (Å²) in [4.78, 5) is 29.5. The molecule has 0 saturated carbocycles. The first kappa shape index (κ1) is 25.7. The van der Waals surface area contributed by atoms with Crippen molar-refractivity contribution in [3.05, 3.63) is 74.7 Å². The van der Waals surface area contributed by atoms with Gasteiger partial charge >= 0.3 is 5.97 Å². The Balaban J connectivity index is 1.57. The number of hydrogen-bond acceptors (Lipinski definition) is 4. The van der Waals surface area contributed by atoms with E-state index in [9.17, 15) is 18.4 Å². The topological polar surface area (TPSA) is 79.3 Å². The second kappa shape index (κ2) is 9.93. The molecule has 0 bridgehead atoms. The predicted octanol–water partition coefficient (Wildman–Crippen LogP) is 6.91. The molecule has 1 aliphatic rings. The van der Waals surface area contributed by atoms with Crippen LogP contribution in [0.25, 0.3) is 17.3 Å². The van der Waals surface area contributed by atoms with Gasteiger partial charge in [0, 0.05) is 27.1 Å². The highest BCUT2D eigenvalue weighted by Crippen LogP contribution is 2.40. The van der Waals surface area contributed by atoms with Crippen LogP contribution >= 0.6 is 11.3 Å². The Hall–Kier alpha value is -3.39. The van der Waals surface area contributed by atoms with E-state index in [1.807, 2.05) is 6.07 Å². The molecule has 1 heterocycles. The van der Waals surface area contributed by atoms with Gasteiger partial charge in [0.2, 0.25) is 0 Å². The Morgan fingerprint density at radius 3 is 2.50 bits per heavy atom. The standard InChI is InChI=1S/C28H28F2N2O3S/c1-15(26(34)35)12-20-21(29)13-17(14-22(20)30)25(33)32-27-31-24-19-7-5-6-16(10-11-28(2,3)4)18(19)8-9-23(24)36-27/h5-7,12-14H,8-11H2,1-4H3,(H,34,35)(H,31,32,33). The van der Waals surface area contributed by atoms with Crippen LogP contribution in [0.4, 0.5) is 13.9 Å². The zero-order chi connectivity index (χ0) is 26.2. The minimum atomic E-state index is -1.29. The van der Waals surface area contributed by atoms with E-state index in [1.54, 1.807) is 0 Å². The first-order valence-electron chi connectivity index (χ1n) is 11.8. The van der Waals surface area contributed by atoms with Crippen LogP contribution in [0.2, 0.25) is 0 Å². The number of nitrogens with one attached hydrogen (secondary N) is 1. The summed E-state index contributed by atoms with van der Waals surface area (Å²) < 4.78 is 29.0. The van der Waals surface area contributed by atoms with Crippen molar-refractivity contribution in [2.45, 2.75) is 53.4 Å². The van der Waals surface area contributed by atoms with E-state index in [2.05, 4.69) is 43.2 Å².